The number of aryl methyl sites for hydroxylation is 1. The Kier molecular flexibility index (Phi) is 4.16. The van der Waals surface area contributed by atoms with Crippen molar-refractivity contribution < 1.29 is 4.79 Å². The summed E-state index contributed by atoms with van der Waals surface area (Å²) in [6.07, 6.45) is 0.834. The molecule has 118 valence electrons. The highest BCUT2D eigenvalue weighted by Crippen LogP contribution is 2.18. The average molecular weight is 300 g/mol. The first-order chi connectivity index (χ1) is 10.6. The molecule has 0 saturated carbocycles. The van der Waals surface area contributed by atoms with Gasteiger partial charge in [-0.2, -0.15) is 0 Å². The van der Waals surface area contributed by atoms with Crippen LogP contribution in [-0.4, -0.2) is 58.0 Å². The molecule has 1 aliphatic rings. The summed E-state index contributed by atoms with van der Waals surface area (Å²) in [5.74, 6) is 1.18. The van der Waals surface area contributed by atoms with Gasteiger partial charge in [-0.15, -0.1) is 0 Å². The zero-order valence-corrected chi connectivity index (χ0v) is 13.6. The van der Waals surface area contributed by atoms with Crippen molar-refractivity contribution in [2.24, 2.45) is 0 Å². The first-order valence-electron chi connectivity index (χ1n) is 8.02. The molecular weight excluding hydrogens is 276 g/mol. The van der Waals surface area contributed by atoms with Gasteiger partial charge >= 0.3 is 0 Å². The fourth-order valence-electron chi connectivity index (χ4n) is 3.31. The number of amides is 1. The molecule has 3 rings (SSSR count). The van der Waals surface area contributed by atoms with Crippen molar-refractivity contribution in [1.29, 1.82) is 0 Å². The zero-order valence-electron chi connectivity index (χ0n) is 13.6. The largest absolute Gasteiger partial charge is 0.336 e. The number of carbonyl (C=O) groups excluding carboxylic acids is 1. The molecule has 5 nitrogen and oxygen atoms in total. The summed E-state index contributed by atoms with van der Waals surface area (Å²) in [5.41, 5.74) is 2.02. The lowest BCUT2D eigenvalue weighted by atomic mass is 10.2. The Balaban J connectivity index is 1.85. The molecule has 1 aliphatic heterocycles. The predicted octanol–water partition coefficient (Wildman–Crippen LogP) is 1.76. The van der Waals surface area contributed by atoms with E-state index in [-0.39, 0.29) is 11.9 Å². The molecule has 1 aromatic carbocycles. The summed E-state index contributed by atoms with van der Waals surface area (Å²) in [4.78, 5) is 21.7. The highest BCUT2D eigenvalue weighted by atomic mass is 16.2. The van der Waals surface area contributed by atoms with Crippen LogP contribution in [0.3, 0.4) is 0 Å². The zero-order chi connectivity index (χ0) is 15.7. The molecule has 22 heavy (non-hydrogen) atoms. The molecule has 0 N–H and O–H groups in total. The highest BCUT2D eigenvalue weighted by Gasteiger charge is 2.26. The molecule has 2 heterocycles. The maximum absolute atomic E-state index is 12.8. The third kappa shape index (κ3) is 2.73. The van der Waals surface area contributed by atoms with Crippen molar-refractivity contribution in [1.82, 2.24) is 19.4 Å². The van der Waals surface area contributed by atoms with E-state index < -0.39 is 0 Å². The van der Waals surface area contributed by atoms with Gasteiger partial charge in [-0.3, -0.25) is 4.79 Å². The first-order valence-corrected chi connectivity index (χ1v) is 8.02. The molecule has 0 bridgehead atoms. The third-order valence-electron chi connectivity index (χ3n) is 4.49. The number of para-hydroxylation sites is 2. The summed E-state index contributed by atoms with van der Waals surface area (Å²) in [6.45, 7) is 7.29. The summed E-state index contributed by atoms with van der Waals surface area (Å²) < 4.78 is 2.07. The minimum absolute atomic E-state index is 0.193. The molecule has 1 saturated heterocycles. The Morgan fingerprint density at radius 1 is 1.32 bits per heavy atom. The van der Waals surface area contributed by atoms with E-state index in [9.17, 15) is 4.79 Å². The van der Waals surface area contributed by atoms with Crippen LogP contribution in [0.4, 0.5) is 0 Å². The molecule has 0 spiro atoms. The number of aromatic nitrogens is 2. The van der Waals surface area contributed by atoms with Crippen LogP contribution in [0.25, 0.3) is 11.0 Å². The monoisotopic (exact) mass is 300 g/mol. The highest BCUT2D eigenvalue weighted by molar-refractivity contribution is 5.81. The van der Waals surface area contributed by atoms with Crippen molar-refractivity contribution in [3.8, 4) is 0 Å². The van der Waals surface area contributed by atoms with E-state index >= 15 is 0 Å². The molecular formula is C17H24N4O. The lowest BCUT2D eigenvalue weighted by molar-refractivity contribution is -0.136. The predicted molar refractivity (Wildman–Crippen MR) is 87.8 cm³/mol. The topological polar surface area (TPSA) is 41.4 Å². The summed E-state index contributed by atoms with van der Waals surface area (Å²) in [6, 6.07) is 8.31. The van der Waals surface area contributed by atoms with Crippen LogP contribution in [-0.2, 0) is 17.8 Å². The van der Waals surface area contributed by atoms with E-state index in [1.807, 2.05) is 29.2 Å². The van der Waals surface area contributed by atoms with Gasteiger partial charge in [-0.25, -0.2) is 4.98 Å². The summed E-state index contributed by atoms with van der Waals surface area (Å²) >= 11 is 0. The molecule has 1 aromatic heterocycles. The van der Waals surface area contributed by atoms with Crippen LogP contribution in [0, 0.1) is 0 Å². The molecule has 2 aromatic rings. The summed E-state index contributed by atoms with van der Waals surface area (Å²) in [7, 11) is 2.11. The molecule has 1 atom stereocenters. The van der Waals surface area contributed by atoms with Crippen molar-refractivity contribution in [3.05, 3.63) is 30.1 Å². The molecule has 1 amide bonds. The number of hydrogen-bond acceptors (Lipinski definition) is 3. The fourth-order valence-corrected chi connectivity index (χ4v) is 3.31. The van der Waals surface area contributed by atoms with Crippen LogP contribution in [0.1, 0.15) is 19.7 Å². The number of fused-ring (bicyclic) bond motifs is 1. The number of nitrogens with zero attached hydrogens (tertiary/aromatic N) is 4. The van der Waals surface area contributed by atoms with Crippen LogP contribution >= 0.6 is 0 Å². The Bertz CT molecular complexity index is 678. The molecule has 5 heteroatoms. The molecule has 0 unspecified atom stereocenters. The van der Waals surface area contributed by atoms with Gasteiger partial charge in [-0.1, -0.05) is 19.1 Å². The van der Waals surface area contributed by atoms with Gasteiger partial charge in [0.2, 0.25) is 5.91 Å². The van der Waals surface area contributed by atoms with E-state index in [1.54, 1.807) is 0 Å². The average Bonchev–Trinajstić information content (AvgIpc) is 2.85. The second kappa shape index (κ2) is 6.08. The van der Waals surface area contributed by atoms with Gasteiger partial charge in [0.15, 0.2) is 0 Å². The van der Waals surface area contributed by atoms with Gasteiger partial charge in [-0.05, 0) is 26.1 Å². The lowest BCUT2D eigenvalue weighted by Gasteiger charge is -2.38. The molecule has 1 fully saturated rings. The Hall–Kier alpha value is -1.88. The first kappa shape index (κ1) is 15.0. The maximum atomic E-state index is 12.8. The van der Waals surface area contributed by atoms with Crippen molar-refractivity contribution >= 4 is 16.9 Å². The number of rotatable bonds is 3. The minimum Gasteiger partial charge on any atom is -0.336 e. The molecule has 0 aliphatic carbocycles. The van der Waals surface area contributed by atoms with Crippen LogP contribution < -0.4 is 0 Å². The number of benzene rings is 1. The van der Waals surface area contributed by atoms with Crippen LogP contribution in [0.15, 0.2) is 24.3 Å². The van der Waals surface area contributed by atoms with Gasteiger partial charge in [0, 0.05) is 32.1 Å². The third-order valence-corrected chi connectivity index (χ3v) is 4.49. The quantitative estimate of drug-likeness (QED) is 0.867. The van der Waals surface area contributed by atoms with Gasteiger partial charge in [0.1, 0.15) is 12.4 Å². The second-order valence-electron chi connectivity index (χ2n) is 6.15. The van der Waals surface area contributed by atoms with Crippen molar-refractivity contribution in [2.75, 3.05) is 26.7 Å². The van der Waals surface area contributed by atoms with Crippen LogP contribution in [0.2, 0.25) is 0 Å². The van der Waals surface area contributed by atoms with Gasteiger partial charge in [0.05, 0.1) is 11.0 Å². The number of hydrogen-bond donors (Lipinski definition) is 0. The van der Waals surface area contributed by atoms with E-state index in [0.29, 0.717) is 6.54 Å². The van der Waals surface area contributed by atoms with Crippen molar-refractivity contribution in [3.63, 3.8) is 0 Å². The van der Waals surface area contributed by atoms with Gasteiger partial charge in [0.25, 0.3) is 0 Å². The summed E-state index contributed by atoms with van der Waals surface area (Å²) in [5, 5.41) is 0. The normalized spacial score (nSPS) is 19.8. The van der Waals surface area contributed by atoms with E-state index in [0.717, 1.165) is 42.9 Å². The Labute approximate surface area is 131 Å². The smallest absolute Gasteiger partial charge is 0.242 e. The minimum atomic E-state index is 0.193. The Morgan fingerprint density at radius 3 is 2.82 bits per heavy atom. The number of piperazine rings is 1. The fraction of sp³-hybridized carbons (Fsp3) is 0.529. The lowest BCUT2D eigenvalue weighted by Crippen LogP contribution is -2.53. The Morgan fingerprint density at radius 2 is 2.09 bits per heavy atom. The SMILES string of the molecule is CCc1nc2ccccc2n1CC(=O)N1CCN(C)C[C@@H]1C. The van der Waals surface area contributed by atoms with E-state index in [4.69, 9.17) is 0 Å². The second-order valence-corrected chi connectivity index (χ2v) is 6.15. The molecule has 0 radical (unpaired) electrons. The van der Waals surface area contributed by atoms with E-state index in [1.165, 1.54) is 0 Å². The van der Waals surface area contributed by atoms with Crippen LogP contribution in [0.5, 0.6) is 0 Å². The standard InChI is InChI=1S/C17H24N4O/c1-4-16-18-14-7-5-6-8-15(14)21(16)12-17(22)20-10-9-19(3)11-13(20)2/h5-8,13H,4,9-12H2,1-3H3/t13-/m0/s1. The number of likely N-dealkylation sites (N-methyl/N-ethyl adjacent to an activating group) is 1. The van der Waals surface area contributed by atoms with Crippen molar-refractivity contribution in [2.45, 2.75) is 32.9 Å². The van der Waals surface area contributed by atoms with Gasteiger partial charge < -0.3 is 14.4 Å². The van der Waals surface area contributed by atoms with E-state index in [2.05, 4.69) is 35.3 Å². The number of carbonyl (C=O) groups is 1. The number of imidazole rings is 1. The maximum Gasteiger partial charge on any atom is 0.242 e.